The standard InChI is InChI=1S/C18H25N3.CH4O/c1-2-16(14-15-6-4-3-5-7-15)17-8-10-18(11-9-17)21(20)13-12-19;1-2/h2,8-15H,1,3-7,19-20H2;2H,1H3/b13-12-,16-14-;. The SMILES string of the molecule is C=C/C(=C/C1CCCCC1)c1ccc(N(N)/C=C\N)cc1.CO. The summed E-state index contributed by atoms with van der Waals surface area (Å²) in [6, 6.07) is 8.15. The van der Waals surface area contributed by atoms with Crippen molar-refractivity contribution < 1.29 is 5.11 Å². The zero-order valence-electron chi connectivity index (χ0n) is 14.0. The molecule has 126 valence electrons. The van der Waals surface area contributed by atoms with Crippen molar-refractivity contribution in [3.8, 4) is 0 Å². The molecular weight excluding hydrogens is 286 g/mol. The molecule has 1 aromatic rings. The van der Waals surface area contributed by atoms with E-state index in [0.717, 1.165) is 12.8 Å². The van der Waals surface area contributed by atoms with E-state index >= 15 is 0 Å². The van der Waals surface area contributed by atoms with Crippen molar-refractivity contribution in [3.63, 3.8) is 0 Å². The van der Waals surface area contributed by atoms with Crippen LogP contribution < -0.4 is 16.6 Å². The number of hydrogen-bond donors (Lipinski definition) is 3. The monoisotopic (exact) mass is 315 g/mol. The van der Waals surface area contributed by atoms with Crippen LogP contribution in [0.2, 0.25) is 0 Å². The first-order valence-electron chi connectivity index (χ1n) is 8.06. The molecule has 1 aromatic carbocycles. The highest BCUT2D eigenvalue weighted by atomic mass is 16.2. The third-order valence-corrected chi connectivity index (χ3v) is 4.03. The third kappa shape index (κ3) is 5.93. The van der Waals surface area contributed by atoms with Crippen molar-refractivity contribution in [1.82, 2.24) is 0 Å². The predicted octanol–water partition coefficient (Wildman–Crippen LogP) is 3.55. The number of rotatable bonds is 5. The van der Waals surface area contributed by atoms with E-state index < -0.39 is 0 Å². The Balaban J connectivity index is 0.00000127. The number of anilines is 1. The molecule has 0 aliphatic heterocycles. The Labute approximate surface area is 139 Å². The maximum atomic E-state index is 7.00. The summed E-state index contributed by atoms with van der Waals surface area (Å²) in [5.41, 5.74) is 8.65. The van der Waals surface area contributed by atoms with E-state index in [1.54, 1.807) is 6.20 Å². The van der Waals surface area contributed by atoms with Crippen LogP contribution in [0.1, 0.15) is 37.7 Å². The first-order chi connectivity index (χ1) is 11.2. The van der Waals surface area contributed by atoms with Gasteiger partial charge in [-0.2, -0.15) is 0 Å². The zero-order chi connectivity index (χ0) is 17.1. The molecule has 2 rings (SSSR count). The molecule has 0 radical (unpaired) electrons. The van der Waals surface area contributed by atoms with Crippen molar-refractivity contribution in [1.29, 1.82) is 0 Å². The summed E-state index contributed by atoms with van der Waals surface area (Å²) >= 11 is 0. The second-order valence-electron chi connectivity index (χ2n) is 5.52. The molecule has 4 heteroatoms. The van der Waals surface area contributed by atoms with Crippen molar-refractivity contribution in [2.75, 3.05) is 12.1 Å². The van der Waals surface area contributed by atoms with E-state index in [-0.39, 0.29) is 0 Å². The molecule has 0 aromatic heterocycles. The summed E-state index contributed by atoms with van der Waals surface area (Å²) in [6.07, 6.45) is 14.0. The summed E-state index contributed by atoms with van der Waals surface area (Å²) in [5.74, 6) is 6.54. The van der Waals surface area contributed by atoms with E-state index in [1.807, 2.05) is 18.2 Å². The molecule has 0 unspecified atom stereocenters. The summed E-state index contributed by atoms with van der Waals surface area (Å²) < 4.78 is 0. The Morgan fingerprint density at radius 3 is 2.30 bits per heavy atom. The fraction of sp³-hybridized carbons (Fsp3) is 0.368. The highest BCUT2D eigenvalue weighted by Crippen LogP contribution is 2.29. The number of hydrogen-bond acceptors (Lipinski definition) is 4. The summed E-state index contributed by atoms with van der Waals surface area (Å²) in [4.78, 5) is 0. The fourth-order valence-corrected chi connectivity index (χ4v) is 2.84. The molecular formula is C19H29N3O. The fourth-order valence-electron chi connectivity index (χ4n) is 2.84. The second kappa shape index (κ2) is 10.6. The van der Waals surface area contributed by atoms with Gasteiger partial charge in [-0.25, -0.2) is 5.84 Å². The molecule has 0 spiro atoms. The van der Waals surface area contributed by atoms with Gasteiger partial charge in [0.1, 0.15) is 0 Å². The zero-order valence-corrected chi connectivity index (χ0v) is 14.0. The van der Waals surface area contributed by atoms with Crippen LogP contribution in [-0.4, -0.2) is 12.2 Å². The van der Waals surface area contributed by atoms with Gasteiger partial charge in [0, 0.05) is 19.5 Å². The lowest BCUT2D eigenvalue weighted by Crippen LogP contribution is -2.24. The molecule has 1 fully saturated rings. The lowest BCUT2D eigenvalue weighted by atomic mass is 9.87. The molecule has 0 atom stereocenters. The smallest absolute Gasteiger partial charge is 0.0569 e. The van der Waals surface area contributed by atoms with E-state index in [1.165, 1.54) is 54.4 Å². The minimum Gasteiger partial charge on any atom is -0.403 e. The van der Waals surface area contributed by atoms with E-state index in [9.17, 15) is 0 Å². The Bertz CT molecular complexity index is 514. The Hall–Kier alpha value is -2.04. The van der Waals surface area contributed by atoms with Crippen LogP contribution in [0.15, 0.2) is 55.4 Å². The number of nitrogens with zero attached hydrogens (tertiary/aromatic N) is 1. The van der Waals surface area contributed by atoms with Gasteiger partial charge in [0.25, 0.3) is 0 Å². The summed E-state index contributed by atoms with van der Waals surface area (Å²) in [7, 11) is 1.00. The highest BCUT2D eigenvalue weighted by molar-refractivity contribution is 5.74. The first-order valence-corrected chi connectivity index (χ1v) is 8.06. The van der Waals surface area contributed by atoms with Gasteiger partial charge in [0.15, 0.2) is 0 Å². The van der Waals surface area contributed by atoms with Crippen LogP contribution >= 0.6 is 0 Å². The van der Waals surface area contributed by atoms with E-state index in [2.05, 4.69) is 24.8 Å². The number of aliphatic hydroxyl groups excluding tert-OH is 1. The van der Waals surface area contributed by atoms with Crippen molar-refractivity contribution >= 4 is 11.3 Å². The molecule has 0 amide bonds. The first kappa shape index (κ1) is 19.0. The lowest BCUT2D eigenvalue weighted by molar-refractivity contribution is 0.399. The van der Waals surface area contributed by atoms with Crippen LogP contribution in [0.25, 0.3) is 5.57 Å². The van der Waals surface area contributed by atoms with E-state index in [0.29, 0.717) is 5.92 Å². The number of benzene rings is 1. The second-order valence-corrected chi connectivity index (χ2v) is 5.52. The molecule has 1 aliphatic carbocycles. The van der Waals surface area contributed by atoms with Crippen molar-refractivity contribution in [3.05, 3.63) is 61.0 Å². The van der Waals surface area contributed by atoms with Gasteiger partial charge >= 0.3 is 0 Å². The van der Waals surface area contributed by atoms with Crippen LogP contribution in [0, 0.1) is 5.92 Å². The highest BCUT2D eigenvalue weighted by Gasteiger charge is 2.12. The molecule has 5 N–H and O–H groups in total. The summed E-state index contributed by atoms with van der Waals surface area (Å²) in [5, 5.41) is 8.50. The van der Waals surface area contributed by atoms with Crippen LogP contribution in [0.4, 0.5) is 5.69 Å². The Morgan fingerprint density at radius 1 is 1.17 bits per heavy atom. The van der Waals surface area contributed by atoms with Crippen LogP contribution in [-0.2, 0) is 0 Å². The average molecular weight is 315 g/mol. The third-order valence-electron chi connectivity index (χ3n) is 4.03. The van der Waals surface area contributed by atoms with Gasteiger partial charge in [-0.3, -0.25) is 5.01 Å². The Morgan fingerprint density at radius 2 is 1.78 bits per heavy atom. The van der Waals surface area contributed by atoms with Crippen LogP contribution in [0.5, 0.6) is 0 Å². The maximum Gasteiger partial charge on any atom is 0.0569 e. The molecule has 23 heavy (non-hydrogen) atoms. The van der Waals surface area contributed by atoms with Gasteiger partial charge in [-0.15, -0.1) is 0 Å². The lowest BCUT2D eigenvalue weighted by Gasteiger charge is -2.19. The Kier molecular flexibility index (Phi) is 8.80. The molecule has 0 saturated heterocycles. The predicted molar refractivity (Wildman–Crippen MR) is 99.3 cm³/mol. The molecule has 4 nitrogen and oxygen atoms in total. The molecule has 0 bridgehead atoms. The van der Waals surface area contributed by atoms with Gasteiger partial charge in [-0.05, 0) is 42.0 Å². The van der Waals surface area contributed by atoms with Gasteiger partial charge in [-0.1, -0.05) is 50.1 Å². The number of aliphatic hydroxyl groups is 1. The van der Waals surface area contributed by atoms with Crippen LogP contribution in [0.3, 0.4) is 0 Å². The largest absolute Gasteiger partial charge is 0.403 e. The average Bonchev–Trinajstić information content (AvgIpc) is 2.62. The number of hydrazine groups is 1. The minimum absolute atomic E-state index is 0.692. The molecule has 1 aliphatic rings. The summed E-state index contributed by atoms with van der Waals surface area (Å²) in [6.45, 7) is 3.96. The molecule has 1 saturated carbocycles. The van der Waals surface area contributed by atoms with Gasteiger partial charge in [0.2, 0.25) is 0 Å². The van der Waals surface area contributed by atoms with Crippen molar-refractivity contribution in [2.45, 2.75) is 32.1 Å². The minimum atomic E-state index is 0.692. The topological polar surface area (TPSA) is 75.5 Å². The van der Waals surface area contributed by atoms with Gasteiger partial charge < -0.3 is 10.8 Å². The normalized spacial score (nSPS) is 15.9. The van der Waals surface area contributed by atoms with E-state index in [4.69, 9.17) is 16.7 Å². The quantitative estimate of drug-likeness (QED) is 0.441. The van der Waals surface area contributed by atoms with Crippen molar-refractivity contribution in [2.24, 2.45) is 17.5 Å². The van der Waals surface area contributed by atoms with Gasteiger partial charge in [0.05, 0.1) is 5.69 Å². The number of nitrogens with two attached hydrogens (primary N) is 2. The number of allylic oxidation sites excluding steroid dienone is 3. The maximum absolute atomic E-state index is 7.00. The molecule has 0 heterocycles.